The van der Waals surface area contributed by atoms with Gasteiger partial charge < -0.3 is 5.11 Å². The van der Waals surface area contributed by atoms with Gasteiger partial charge in [0.2, 0.25) is 0 Å². The Balaban J connectivity index is 0.000000278. The van der Waals surface area contributed by atoms with E-state index in [2.05, 4.69) is 42.5 Å². The van der Waals surface area contributed by atoms with Gasteiger partial charge in [0.05, 0.1) is 35.5 Å². The summed E-state index contributed by atoms with van der Waals surface area (Å²) in [5.41, 5.74) is 3.84. The molecule has 3 aromatic carbocycles. The number of aliphatic hydroxyl groups is 1. The monoisotopic (exact) mass is 620 g/mol. The molecule has 0 aromatic heterocycles. The average Bonchev–Trinajstić information content (AvgIpc) is 2.79. The number of carbonyl (C=O) groups excluding carboxylic acids is 1. The number of fused-ring (bicyclic) bond motifs is 3. The van der Waals surface area contributed by atoms with Crippen molar-refractivity contribution in [2.45, 2.75) is 39.5 Å². The van der Waals surface area contributed by atoms with Crippen molar-refractivity contribution in [2.24, 2.45) is 0 Å². The smallest absolute Gasteiger partial charge is 0.319 e. The fraction of sp³-hybridized carbons (Fsp3) is 0.207. The van der Waals surface area contributed by atoms with Crippen LogP contribution in [0.5, 0.6) is 0 Å². The molecule has 0 spiro atoms. The Labute approximate surface area is 208 Å². The molecule has 0 fully saturated rings. The largest absolute Gasteiger partial charge is 0.512 e. The van der Waals surface area contributed by atoms with E-state index in [0.29, 0.717) is 12.8 Å². The molecule has 0 aliphatic heterocycles. The van der Waals surface area contributed by atoms with Gasteiger partial charge >= 0.3 is 5.78 Å². The predicted molar refractivity (Wildman–Crippen MR) is 131 cm³/mol. The van der Waals surface area contributed by atoms with Crippen molar-refractivity contribution in [2.75, 3.05) is 0 Å². The Morgan fingerprint density at radius 1 is 1.09 bits per heavy atom. The first-order chi connectivity index (χ1) is 15.5. The number of rotatable bonds is 6. The molecular formula is C29H28FIrO2+. The van der Waals surface area contributed by atoms with E-state index in [-0.39, 0.29) is 37.5 Å². The molecule has 0 atom stereocenters. The third-order valence-corrected chi connectivity index (χ3v) is 5.10. The quantitative estimate of drug-likeness (QED) is 0.131. The van der Waals surface area contributed by atoms with E-state index in [0.717, 1.165) is 35.1 Å². The molecule has 0 unspecified atom stereocenters. The summed E-state index contributed by atoms with van der Waals surface area (Å²) in [4.78, 5) is 9.13. The van der Waals surface area contributed by atoms with E-state index < -0.39 is 0 Å². The SMILES string of the molecule is CCCC(=[OH+])/C=C(\O)CCC.Fc1cc[c-]c(C2=[C+]C=Cc3c2ccc2ccccc32)c1.[Ir]. The number of hydrogen-bond donors (Lipinski definition) is 1. The topological polar surface area (TPSA) is 41.6 Å². The number of halogens is 1. The number of hydrogen-bond acceptors (Lipinski definition) is 1. The van der Waals surface area contributed by atoms with Gasteiger partial charge in [0, 0.05) is 43.6 Å². The first-order valence-electron chi connectivity index (χ1n) is 11.0. The van der Waals surface area contributed by atoms with Gasteiger partial charge in [-0.05, 0) is 36.4 Å². The van der Waals surface area contributed by atoms with Crippen LogP contribution in [0, 0.1) is 18.0 Å². The maximum absolute atomic E-state index is 13.5. The molecule has 0 heterocycles. The van der Waals surface area contributed by atoms with Crippen LogP contribution in [0.2, 0.25) is 0 Å². The molecule has 3 aromatic rings. The molecule has 4 heteroatoms. The van der Waals surface area contributed by atoms with E-state index >= 15 is 0 Å². The molecule has 1 radical (unpaired) electrons. The molecule has 1 aliphatic rings. The zero-order chi connectivity index (χ0) is 22.9. The maximum Gasteiger partial charge on any atom is 0.319 e. The fourth-order valence-electron chi connectivity index (χ4n) is 3.63. The third-order valence-electron chi connectivity index (χ3n) is 5.10. The summed E-state index contributed by atoms with van der Waals surface area (Å²) in [6.07, 6.45) is 11.7. The van der Waals surface area contributed by atoms with E-state index in [1.165, 1.54) is 29.0 Å². The summed E-state index contributed by atoms with van der Waals surface area (Å²) in [5.74, 6) is 0.298. The predicted octanol–water partition coefficient (Wildman–Crippen LogP) is 7.61. The number of ketones is 1. The Hall–Kier alpha value is -2.90. The second-order valence-electron chi connectivity index (χ2n) is 7.65. The second-order valence-corrected chi connectivity index (χ2v) is 7.65. The minimum absolute atomic E-state index is 0. The number of aliphatic hydroxyl groups excluding tert-OH is 1. The van der Waals surface area contributed by atoms with E-state index in [1.54, 1.807) is 6.07 Å². The Kier molecular flexibility index (Phi) is 10.4. The van der Waals surface area contributed by atoms with Crippen LogP contribution in [0.4, 0.5) is 4.39 Å². The summed E-state index contributed by atoms with van der Waals surface area (Å²) >= 11 is 0. The minimum atomic E-state index is -0.255. The molecule has 171 valence electrons. The molecule has 0 bridgehead atoms. The van der Waals surface area contributed by atoms with E-state index in [4.69, 9.17) is 9.90 Å². The standard InChI is InChI=1S/C20H11F.C9H16O2.Ir/c21-16-7-3-6-15(13-16)18-9-4-10-19-17-8-2-1-5-14(17)11-12-20(18)19;1-3-5-8(10)7-9(11)6-4-2;/h1-5,7-8,10-13H;7,10H,3-6H2,1-2H3;/p+1/b;8-7-;. The van der Waals surface area contributed by atoms with Crippen molar-refractivity contribution in [3.63, 3.8) is 0 Å². The van der Waals surface area contributed by atoms with Gasteiger partial charge in [-0.3, -0.25) is 4.79 Å². The van der Waals surface area contributed by atoms with Crippen molar-refractivity contribution in [1.82, 2.24) is 0 Å². The van der Waals surface area contributed by atoms with Crippen LogP contribution in [-0.2, 0) is 20.1 Å². The molecule has 0 saturated carbocycles. The van der Waals surface area contributed by atoms with Crippen molar-refractivity contribution in [3.05, 3.63) is 107 Å². The van der Waals surface area contributed by atoms with Crippen molar-refractivity contribution < 1.29 is 34.4 Å². The van der Waals surface area contributed by atoms with Gasteiger partial charge in [-0.15, -0.1) is 12.1 Å². The average molecular weight is 620 g/mol. The van der Waals surface area contributed by atoms with Crippen LogP contribution in [-0.4, -0.2) is 15.7 Å². The summed E-state index contributed by atoms with van der Waals surface area (Å²) < 4.78 is 13.5. The number of allylic oxidation sites excluding steroid dienone is 4. The van der Waals surface area contributed by atoms with Crippen LogP contribution in [0.1, 0.15) is 56.2 Å². The second kappa shape index (κ2) is 13.0. The first kappa shape index (κ1) is 26.4. The van der Waals surface area contributed by atoms with Crippen LogP contribution < -0.4 is 0 Å². The normalized spacial score (nSPS) is 12.0. The van der Waals surface area contributed by atoms with E-state index in [1.807, 2.05) is 32.1 Å². The zero-order valence-electron chi connectivity index (χ0n) is 18.9. The van der Waals surface area contributed by atoms with Crippen molar-refractivity contribution in [3.8, 4) is 0 Å². The van der Waals surface area contributed by atoms with Crippen LogP contribution in [0.15, 0.2) is 72.5 Å². The number of benzene rings is 3. The van der Waals surface area contributed by atoms with Gasteiger partial charge in [0.25, 0.3) is 0 Å². The molecule has 2 N–H and O–H groups in total. The van der Waals surface area contributed by atoms with Crippen LogP contribution >= 0.6 is 0 Å². The summed E-state index contributed by atoms with van der Waals surface area (Å²) in [6, 6.07) is 20.0. The summed E-state index contributed by atoms with van der Waals surface area (Å²) in [5, 5.41) is 11.5. The molecule has 2 nitrogen and oxygen atoms in total. The zero-order valence-corrected chi connectivity index (χ0v) is 21.3. The van der Waals surface area contributed by atoms with E-state index in [9.17, 15) is 4.39 Å². The fourth-order valence-corrected chi connectivity index (χ4v) is 3.63. The summed E-state index contributed by atoms with van der Waals surface area (Å²) in [6.45, 7) is 3.97. The summed E-state index contributed by atoms with van der Waals surface area (Å²) in [7, 11) is 0. The van der Waals surface area contributed by atoms with Gasteiger partial charge in [-0.2, -0.15) is 0 Å². The van der Waals surface area contributed by atoms with Crippen LogP contribution in [0.25, 0.3) is 22.4 Å². The molecular weight excluding hydrogens is 592 g/mol. The van der Waals surface area contributed by atoms with Gasteiger partial charge in [0.15, 0.2) is 0 Å². The molecule has 0 saturated heterocycles. The van der Waals surface area contributed by atoms with Crippen LogP contribution in [0.3, 0.4) is 0 Å². The van der Waals surface area contributed by atoms with Gasteiger partial charge in [0.1, 0.15) is 5.76 Å². The first-order valence-corrected chi connectivity index (χ1v) is 11.0. The third kappa shape index (κ3) is 7.04. The Morgan fingerprint density at radius 3 is 2.58 bits per heavy atom. The Morgan fingerprint density at radius 2 is 1.85 bits per heavy atom. The van der Waals surface area contributed by atoms with Crippen molar-refractivity contribution in [1.29, 1.82) is 0 Å². The molecule has 4 rings (SSSR count). The van der Waals surface area contributed by atoms with Gasteiger partial charge in [-0.1, -0.05) is 55.8 Å². The molecule has 0 amide bonds. The van der Waals surface area contributed by atoms with Crippen molar-refractivity contribution >= 4 is 28.2 Å². The van der Waals surface area contributed by atoms with Gasteiger partial charge in [-0.25, -0.2) is 4.39 Å². The Bertz CT molecular complexity index is 1190. The maximum atomic E-state index is 13.5. The molecule has 1 aliphatic carbocycles. The minimum Gasteiger partial charge on any atom is -0.512 e. The molecule has 33 heavy (non-hydrogen) atoms.